The van der Waals surface area contributed by atoms with Crippen molar-refractivity contribution in [3.63, 3.8) is 0 Å². The van der Waals surface area contributed by atoms with Crippen LogP contribution >= 0.6 is 0 Å². The molecule has 1 amide bonds. The first kappa shape index (κ1) is 14.8. The van der Waals surface area contributed by atoms with Crippen molar-refractivity contribution >= 4 is 11.6 Å². The Hall–Kier alpha value is -1.59. The maximum Gasteiger partial charge on any atom is 0.227 e. The molecule has 5 nitrogen and oxygen atoms in total. The fourth-order valence-corrected chi connectivity index (χ4v) is 2.50. The maximum atomic E-state index is 12.4. The minimum atomic E-state index is -0.428. The van der Waals surface area contributed by atoms with Crippen LogP contribution in [0.5, 0.6) is 0 Å². The highest BCUT2D eigenvalue weighted by atomic mass is 16.5. The minimum Gasteiger partial charge on any atom is -0.399 e. The van der Waals surface area contributed by atoms with E-state index in [-0.39, 0.29) is 18.6 Å². The van der Waals surface area contributed by atoms with Crippen molar-refractivity contribution in [1.29, 1.82) is 0 Å². The number of aliphatic hydroxyl groups excluding tert-OH is 1. The standard InChI is InChI=1S/C15H22N2O3/c1-15(2)10-17(8-13(9-18)20-15)14(19)7-11-3-5-12(16)6-4-11/h3-6,13,18H,7-10,16H2,1-2H3. The van der Waals surface area contributed by atoms with E-state index in [1.807, 2.05) is 26.0 Å². The van der Waals surface area contributed by atoms with Crippen LogP contribution in [-0.4, -0.2) is 47.3 Å². The molecule has 0 saturated carbocycles. The smallest absolute Gasteiger partial charge is 0.227 e. The second-order valence-corrected chi connectivity index (χ2v) is 5.87. The van der Waals surface area contributed by atoms with Crippen LogP contribution in [0.4, 0.5) is 5.69 Å². The number of benzene rings is 1. The number of nitrogens with two attached hydrogens (primary N) is 1. The Labute approximate surface area is 119 Å². The lowest BCUT2D eigenvalue weighted by atomic mass is 10.0. The molecule has 1 aliphatic rings. The van der Waals surface area contributed by atoms with Gasteiger partial charge in [-0.2, -0.15) is 0 Å². The van der Waals surface area contributed by atoms with Gasteiger partial charge in [-0.05, 0) is 31.5 Å². The summed E-state index contributed by atoms with van der Waals surface area (Å²) in [5.41, 5.74) is 6.83. The molecular formula is C15H22N2O3. The lowest BCUT2D eigenvalue weighted by Gasteiger charge is -2.42. The number of hydrogen-bond acceptors (Lipinski definition) is 4. The molecule has 1 aromatic carbocycles. The number of carbonyl (C=O) groups is 1. The molecule has 5 heteroatoms. The predicted octanol–water partition coefficient (Wildman–Crippen LogP) is 0.810. The Morgan fingerprint density at radius 1 is 1.45 bits per heavy atom. The van der Waals surface area contributed by atoms with E-state index < -0.39 is 5.60 Å². The van der Waals surface area contributed by atoms with Gasteiger partial charge >= 0.3 is 0 Å². The topological polar surface area (TPSA) is 75.8 Å². The number of anilines is 1. The van der Waals surface area contributed by atoms with Crippen LogP contribution in [0.25, 0.3) is 0 Å². The quantitative estimate of drug-likeness (QED) is 0.802. The molecule has 2 rings (SSSR count). The summed E-state index contributed by atoms with van der Waals surface area (Å²) >= 11 is 0. The third kappa shape index (κ3) is 3.71. The Morgan fingerprint density at radius 3 is 2.70 bits per heavy atom. The number of carbonyl (C=O) groups excluding carboxylic acids is 1. The molecule has 1 heterocycles. The zero-order valence-electron chi connectivity index (χ0n) is 12.0. The third-order valence-corrected chi connectivity index (χ3v) is 3.37. The first-order chi connectivity index (χ1) is 9.39. The second kappa shape index (κ2) is 5.81. The van der Waals surface area contributed by atoms with Crippen molar-refractivity contribution in [3.05, 3.63) is 29.8 Å². The Morgan fingerprint density at radius 2 is 2.10 bits per heavy atom. The van der Waals surface area contributed by atoms with Crippen molar-refractivity contribution in [3.8, 4) is 0 Å². The van der Waals surface area contributed by atoms with E-state index in [1.54, 1.807) is 17.0 Å². The lowest BCUT2D eigenvalue weighted by molar-refractivity contribution is -0.166. The average molecular weight is 278 g/mol. The number of aliphatic hydroxyl groups is 1. The number of amides is 1. The van der Waals surface area contributed by atoms with Gasteiger partial charge in [-0.25, -0.2) is 0 Å². The Balaban J connectivity index is 2.02. The van der Waals surface area contributed by atoms with Gasteiger partial charge in [0.25, 0.3) is 0 Å². The number of hydrogen-bond donors (Lipinski definition) is 2. The van der Waals surface area contributed by atoms with Gasteiger partial charge in [-0.3, -0.25) is 4.79 Å². The van der Waals surface area contributed by atoms with Crippen LogP contribution in [-0.2, 0) is 16.0 Å². The zero-order valence-corrected chi connectivity index (χ0v) is 12.0. The van der Waals surface area contributed by atoms with E-state index in [4.69, 9.17) is 10.5 Å². The lowest BCUT2D eigenvalue weighted by Crippen LogP contribution is -2.55. The van der Waals surface area contributed by atoms with E-state index in [2.05, 4.69) is 0 Å². The fourth-order valence-electron chi connectivity index (χ4n) is 2.50. The normalized spacial score (nSPS) is 21.8. The molecule has 1 fully saturated rings. The average Bonchev–Trinajstić information content (AvgIpc) is 2.39. The van der Waals surface area contributed by atoms with Crippen LogP contribution in [0.15, 0.2) is 24.3 Å². The molecule has 0 aliphatic carbocycles. The van der Waals surface area contributed by atoms with E-state index in [0.29, 0.717) is 25.2 Å². The molecule has 110 valence electrons. The molecule has 1 atom stereocenters. The summed E-state index contributed by atoms with van der Waals surface area (Å²) in [5.74, 6) is 0.0459. The minimum absolute atomic E-state index is 0.0459. The molecule has 0 aromatic heterocycles. The van der Waals surface area contributed by atoms with Crippen LogP contribution < -0.4 is 5.73 Å². The van der Waals surface area contributed by atoms with Crippen LogP contribution in [0.1, 0.15) is 19.4 Å². The molecule has 3 N–H and O–H groups in total. The highest BCUT2D eigenvalue weighted by molar-refractivity contribution is 5.79. The first-order valence-electron chi connectivity index (χ1n) is 6.80. The van der Waals surface area contributed by atoms with E-state index in [9.17, 15) is 9.90 Å². The molecular weight excluding hydrogens is 256 g/mol. The number of ether oxygens (including phenoxy) is 1. The summed E-state index contributed by atoms with van der Waals surface area (Å²) in [6.07, 6.45) is 0.0308. The van der Waals surface area contributed by atoms with Crippen molar-refractivity contribution in [1.82, 2.24) is 4.90 Å². The Kier molecular flexibility index (Phi) is 4.30. The summed E-state index contributed by atoms with van der Waals surface area (Å²) in [6, 6.07) is 7.31. The Bertz CT molecular complexity index is 471. The van der Waals surface area contributed by atoms with Gasteiger partial charge in [0, 0.05) is 18.8 Å². The first-order valence-corrected chi connectivity index (χ1v) is 6.80. The predicted molar refractivity (Wildman–Crippen MR) is 77.2 cm³/mol. The molecule has 0 bridgehead atoms. The highest BCUT2D eigenvalue weighted by Crippen LogP contribution is 2.21. The van der Waals surface area contributed by atoms with Gasteiger partial charge < -0.3 is 20.5 Å². The van der Waals surface area contributed by atoms with Crippen LogP contribution in [0.3, 0.4) is 0 Å². The van der Waals surface area contributed by atoms with E-state index >= 15 is 0 Å². The van der Waals surface area contributed by atoms with E-state index in [1.165, 1.54) is 0 Å². The zero-order chi connectivity index (χ0) is 14.8. The number of nitrogens with zero attached hydrogens (tertiary/aromatic N) is 1. The van der Waals surface area contributed by atoms with Crippen molar-refractivity contribution in [2.75, 3.05) is 25.4 Å². The summed E-state index contributed by atoms with van der Waals surface area (Å²) in [4.78, 5) is 14.1. The molecule has 1 aromatic rings. The second-order valence-electron chi connectivity index (χ2n) is 5.87. The van der Waals surface area contributed by atoms with Gasteiger partial charge in [0.05, 0.1) is 24.7 Å². The van der Waals surface area contributed by atoms with Gasteiger partial charge in [-0.15, -0.1) is 0 Å². The maximum absolute atomic E-state index is 12.4. The highest BCUT2D eigenvalue weighted by Gasteiger charge is 2.35. The van der Waals surface area contributed by atoms with E-state index in [0.717, 1.165) is 5.56 Å². The van der Waals surface area contributed by atoms with Gasteiger partial charge in [0.15, 0.2) is 0 Å². The number of rotatable bonds is 3. The summed E-state index contributed by atoms with van der Waals surface area (Å²) < 4.78 is 5.71. The summed E-state index contributed by atoms with van der Waals surface area (Å²) in [6.45, 7) is 4.76. The third-order valence-electron chi connectivity index (χ3n) is 3.37. The molecule has 1 saturated heterocycles. The number of morpholine rings is 1. The fraction of sp³-hybridized carbons (Fsp3) is 0.533. The van der Waals surface area contributed by atoms with Crippen molar-refractivity contribution in [2.24, 2.45) is 0 Å². The van der Waals surface area contributed by atoms with Crippen LogP contribution in [0, 0.1) is 0 Å². The SMILES string of the molecule is CC1(C)CN(C(=O)Cc2ccc(N)cc2)CC(CO)O1. The van der Waals surface area contributed by atoms with Crippen LogP contribution in [0.2, 0.25) is 0 Å². The van der Waals surface area contributed by atoms with Gasteiger partial charge in [-0.1, -0.05) is 12.1 Å². The molecule has 20 heavy (non-hydrogen) atoms. The molecule has 0 spiro atoms. The van der Waals surface area contributed by atoms with Gasteiger partial charge in [0.1, 0.15) is 0 Å². The summed E-state index contributed by atoms with van der Waals surface area (Å²) in [5, 5.41) is 9.27. The molecule has 1 unspecified atom stereocenters. The number of nitrogen functional groups attached to an aromatic ring is 1. The van der Waals surface area contributed by atoms with Crippen molar-refractivity contribution < 1.29 is 14.6 Å². The summed E-state index contributed by atoms with van der Waals surface area (Å²) in [7, 11) is 0. The largest absolute Gasteiger partial charge is 0.399 e. The monoisotopic (exact) mass is 278 g/mol. The van der Waals surface area contributed by atoms with Gasteiger partial charge in [0.2, 0.25) is 5.91 Å². The van der Waals surface area contributed by atoms with Crippen molar-refractivity contribution in [2.45, 2.75) is 32.0 Å². The molecule has 1 aliphatic heterocycles. The molecule has 0 radical (unpaired) electrons.